The minimum atomic E-state index is -4.17. The van der Waals surface area contributed by atoms with Crippen molar-refractivity contribution in [2.75, 3.05) is 25.5 Å². The second kappa shape index (κ2) is 9.70. The molecule has 0 radical (unpaired) electrons. The average Bonchev–Trinajstić information content (AvgIpc) is 3.45. The van der Waals surface area contributed by atoms with Gasteiger partial charge in [-0.15, -0.1) is 11.6 Å². The maximum atomic E-state index is 12.5. The summed E-state index contributed by atoms with van der Waals surface area (Å²) in [4.78, 5) is 13.2. The zero-order chi connectivity index (χ0) is 24.6. The number of aromatic nitrogens is 4. The molecule has 1 aliphatic rings. The average molecular weight is 505 g/mol. The van der Waals surface area contributed by atoms with Gasteiger partial charge in [0.15, 0.2) is 5.82 Å². The molecule has 1 aromatic carbocycles. The van der Waals surface area contributed by atoms with Crippen molar-refractivity contribution in [1.82, 2.24) is 24.7 Å². The number of aromatic amines is 1. The SMILES string of the molecule is CNc1nccn2c1c(-c1cc3cccc(CCl)c3[nH]1)nc2[C@H]1CC[C@H](CNCC(F)(F)F)CC1. The molecule has 6 nitrogen and oxygen atoms in total. The number of rotatable bonds is 7. The van der Waals surface area contributed by atoms with Gasteiger partial charge in [0.1, 0.15) is 17.0 Å². The normalized spacial score (nSPS) is 19.0. The van der Waals surface area contributed by atoms with Gasteiger partial charge >= 0.3 is 6.18 Å². The highest BCUT2D eigenvalue weighted by Crippen LogP contribution is 2.39. The lowest BCUT2D eigenvalue weighted by Gasteiger charge is -2.28. The van der Waals surface area contributed by atoms with Crippen molar-refractivity contribution in [3.8, 4) is 11.4 Å². The Morgan fingerprint density at radius 2 is 2.00 bits per heavy atom. The summed E-state index contributed by atoms with van der Waals surface area (Å²) < 4.78 is 39.5. The van der Waals surface area contributed by atoms with Crippen molar-refractivity contribution in [2.24, 2.45) is 5.92 Å². The first-order valence-corrected chi connectivity index (χ1v) is 12.4. The summed E-state index contributed by atoms with van der Waals surface area (Å²) in [7, 11) is 1.84. The quantitative estimate of drug-likeness (QED) is 0.267. The van der Waals surface area contributed by atoms with Crippen molar-refractivity contribution in [2.45, 2.75) is 43.7 Å². The smallest absolute Gasteiger partial charge is 0.371 e. The van der Waals surface area contributed by atoms with Crippen molar-refractivity contribution in [1.29, 1.82) is 0 Å². The Balaban J connectivity index is 1.45. The van der Waals surface area contributed by atoms with Crippen LogP contribution in [0.25, 0.3) is 27.8 Å². The number of H-pyrrole nitrogens is 1. The van der Waals surface area contributed by atoms with Crippen LogP contribution in [0.15, 0.2) is 36.7 Å². The predicted octanol–water partition coefficient (Wildman–Crippen LogP) is 6.08. The fraction of sp³-hybridized carbons (Fsp3) is 0.440. The molecule has 4 aromatic rings. The summed E-state index contributed by atoms with van der Waals surface area (Å²) in [5, 5.41) is 6.83. The highest BCUT2D eigenvalue weighted by Gasteiger charge is 2.30. The van der Waals surface area contributed by atoms with Gasteiger partial charge in [-0.2, -0.15) is 13.2 Å². The van der Waals surface area contributed by atoms with E-state index in [0.717, 1.165) is 70.7 Å². The highest BCUT2D eigenvalue weighted by molar-refractivity contribution is 6.18. The standard InChI is InChI=1S/C25H28ClF3N6/c1-30-23-22-21(19-11-17-3-2-4-18(12-26)20(17)33-19)34-24(35(22)10-9-32-23)16-7-5-15(6-8-16)13-31-14-25(27,28)29/h2-4,9-11,15-16,31,33H,5-8,12-14H2,1H3,(H,30,32)/t15-,16-. The molecule has 1 saturated carbocycles. The molecule has 1 fully saturated rings. The van der Waals surface area contributed by atoms with Crippen LogP contribution in [0.2, 0.25) is 0 Å². The predicted molar refractivity (Wildman–Crippen MR) is 133 cm³/mol. The maximum absolute atomic E-state index is 12.5. The van der Waals surface area contributed by atoms with Crippen molar-refractivity contribution in [3.05, 3.63) is 48.0 Å². The molecule has 186 valence electrons. The first kappa shape index (κ1) is 23.9. The molecular formula is C25H28ClF3N6. The Hall–Kier alpha value is -2.78. The largest absolute Gasteiger partial charge is 0.401 e. The van der Waals surface area contributed by atoms with E-state index in [1.54, 1.807) is 6.20 Å². The number of nitrogens with zero attached hydrogens (tertiary/aromatic N) is 3. The van der Waals surface area contributed by atoms with Crippen LogP contribution in [0, 0.1) is 5.92 Å². The Labute approximate surface area is 206 Å². The van der Waals surface area contributed by atoms with Gasteiger partial charge in [-0.1, -0.05) is 18.2 Å². The number of nitrogens with one attached hydrogen (secondary N) is 3. The molecule has 10 heteroatoms. The van der Waals surface area contributed by atoms with Crippen LogP contribution in [0.1, 0.15) is 43.0 Å². The van der Waals surface area contributed by atoms with E-state index in [1.807, 2.05) is 25.4 Å². The van der Waals surface area contributed by atoms with Crippen LogP contribution in [-0.2, 0) is 5.88 Å². The molecule has 1 aliphatic carbocycles. The molecule has 3 heterocycles. The van der Waals surface area contributed by atoms with E-state index < -0.39 is 12.7 Å². The molecule has 3 aromatic heterocycles. The molecule has 0 atom stereocenters. The lowest BCUT2D eigenvalue weighted by Crippen LogP contribution is -2.33. The fourth-order valence-electron chi connectivity index (χ4n) is 5.22. The van der Waals surface area contributed by atoms with E-state index in [-0.39, 0.29) is 11.8 Å². The number of alkyl halides is 4. The van der Waals surface area contributed by atoms with Crippen molar-refractivity contribution < 1.29 is 13.2 Å². The first-order valence-electron chi connectivity index (χ1n) is 11.9. The van der Waals surface area contributed by atoms with Crippen LogP contribution in [0.5, 0.6) is 0 Å². The molecule has 0 amide bonds. The van der Waals surface area contributed by atoms with E-state index >= 15 is 0 Å². The van der Waals surface area contributed by atoms with Gasteiger partial charge in [-0.3, -0.25) is 4.40 Å². The Bertz CT molecular complexity index is 1320. The Morgan fingerprint density at radius 1 is 1.20 bits per heavy atom. The number of hydrogen-bond acceptors (Lipinski definition) is 4. The lowest BCUT2D eigenvalue weighted by atomic mass is 9.81. The second-order valence-corrected chi connectivity index (χ2v) is 9.49. The monoisotopic (exact) mass is 504 g/mol. The Kier molecular flexibility index (Phi) is 6.63. The minimum Gasteiger partial charge on any atom is -0.371 e. The third-order valence-corrected chi connectivity index (χ3v) is 7.22. The van der Waals surface area contributed by atoms with Crippen molar-refractivity contribution in [3.63, 3.8) is 0 Å². The number of benzene rings is 1. The van der Waals surface area contributed by atoms with Crippen LogP contribution < -0.4 is 10.6 Å². The molecule has 0 saturated heterocycles. The van der Waals surface area contributed by atoms with Gasteiger partial charge in [0.25, 0.3) is 0 Å². The number of hydrogen-bond donors (Lipinski definition) is 3. The summed E-state index contributed by atoms with van der Waals surface area (Å²) in [5.41, 5.74) is 4.66. The topological polar surface area (TPSA) is 70.0 Å². The summed E-state index contributed by atoms with van der Waals surface area (Å²) in [6.07, 6.45) is 3.04. The molecule has 35 heavy (non-hydrogen) atoms. The van der Waals surface area contributed by atoms with Crippen LogP contribution in [0.3, 0.4) is 0 Å². The zero-order valence-electron chi connectivity index (χ0n) is 19.4. The molecule has 5 rings (SSSR count). The second-order valence-electron chi connectivity index (χ2n) is 9.22. The summed E-state index contributed by atoms with van der Waals surface area (Å²) in [6.45, 7) is -0.539. The highest BCUT2D eigenvalue weighted by atomic mass is 35.5. The van der Waals surface area contributed by atoms with Crippen LogP contribution in [0.4, 0.5) is 19.0 Å². The number of para-hydroxylation sites is 1. The van der Waals surface area contributed by atoms with E-state index in [1.165, 1.54) is 0 Å². The van der Waals surface area contributed by atoms with E-state index in [2.05, 4.69) is 37.1 Å². The van der Waals surface area contributed by atoms with Gasteiger partial charge < -0.3 is 15.6 Å². The summed E-state index contributed by atoms with van der Waals surface area (Å²) in [5.74, 6) is 2.59. The van der Waals surface area contributed by atoms with Crippen LogP contribution in [-0.4, -0.2) is 45.7 Å². The third kappa shape index (κ3) is 4.84. The lowest BCUT2D eigenvalue weighted by molar-refractivity contribution is -0.125. The Morgan fingerprint density at radius 3 is 2.71 bits per heavy atom. The molecule has 3 N–H and O–H groups in total. The maximum Gasteiger partial charge on any atom is 0.401 e. The van der Waals surface area contributed by atoms with Crippen molar-refractivity contribution >= 4 is 33.8 Å². The zero-order valence-corrected chi connectivity index (χ0v) is 20.2. The van der Waals surface area contributed by atoms with Gasteiger partial charge in [0.2, 0.25) is 0 Å². The summed E-state index contributed by atoms with van der Waals surface area (Å²) >= 11 is 6.16. The van der Waals surface area contributed by atoms with Crippen LogP contribution >= 0.6 is 11.6 Å². The molecule has 0 bridgehead atoms. The summed E-state index contributed by atoms with van der Waals surface area (Å²) in [6, 6.07) is 8.15. The van der Waals surface area contributed by atoms with E-state index in [4.69, 9.17) is 16.6 Å². The van der Waals surface area contributed by atoms with E-state index in [0.29, 0.717) is 12.4 Å². The number of fused-ring (bicyclic) bond motifs is 2. The minimum absolute atomic E-state index is 0.227. The molecule has 0 aliphatic heterocycles. The fourth-order valence-corrected chi connectivity index (χ4v) is 5.44. The number of imidazole rings is 1. The number of anilines is 1. The molecular weight excluding hydrogens is 477 g/mol. The van der Waals surface area contributed by atoms with Gasteiger partial charge in [-0.25, -0.2) is 9.97 Å². The van der Waals surface area contributed by atoms with Gasteiger partial charge in [-0.05, 0) is 49.8 Å². The first-order chi connectivity index (χ1) is 16.9. The van der Waals surface area contributed by atoms with Gasteiger partial charge in [0, 0.05) is 36.6 Å². The van der Waals surface area contributed by atoms with Gasteiger partial charge in [0.05, 0.1) is 17.8 Å². The van der Waals surface area contributed by atoms with E-state index in [9.17, 15) is 13.2 Å². The molecule has 0 spiro atoms. The molecule has 0 unspecified atom stereocenters. The number of halogens is 4. The third-order valence-electron chi connectivity index (χ3n) is 6.93.